The number of Topliss-reactive ketones (excluding diaryl/α,β-unsaturated/α-hetero) is 2. The summed E-state index contributed by atoms with van der Waals surface area (Å²) in [6, 6.07) is 5.85. The Hall–Kier alpha value is -7.05. The second kappa shape index (κ2) is 19.3. The number of methoxy groups -OCH3 is 2. The van der Waals surface area contributed by atoms with Gasteiger partial charge in [-0.1, -0.05) is 20.4 Å². The number of hydrogen-bond donors (Lipinski definition) is 3. The monoisotopic (exact) mass is 972 g/mol. The lowest BCUT2D eigenvalue weighted by molar-refractivity contribution is -0.158. The lowest BCUT2D eigenvalue weighted by Gasteiger charge is -2.23. The summed E-state index contributed by atoms with van der Waals surface area (Å²) >= 11 is 0. The number of aryl methyl sites for hydroxylation is 3. The standard InChI is InChI=1S/C53H60N6O12/c1-13-33-25(4)37-19-42-45(27(6)36-21-59(52(66)58-50(36)65)51-48(68-12)47(70-31(10)63)43(71-51)22-69-30(9)62)28(7)39(55-42)17-40-29(8)53(20-32(53)16-44(64)67-11)49(57-40)35(15-24(3)61)46-34(14-23(2)60)26(5)38(56-46)18-41(33)54-37/h17-19,21,29,32,43,47-48,51,54-55H,6,13-16,20,22H2,1-5,7-12H3,(H,58,65,66)/t29-,32-,43-,47?,48?,51-,53+/m1/s1. The number of H-pyrrole nitrogens is 3. The molecule has 4 aromatic heterocycles. The van der Waals surface area contributed by atoms with E-state index in [1.807, 2.05) is 39.0 Å². The highest BCUT2D eigenvalue weighted by atomic mass is 16.6. The topological polar surface area (TPSA) is 244 Å². The van der Waals surface area contributed by atoms with Gasteiger partial charge in [-0.2, -0.15) is 0 Å². The van der Waals surface area contributed by atoms with Crippen LogP contribution in [0, 0.1) is 19.8 Å². The second-order valence-electron chi connectivity index (χ2n) is 19.1. The van der Waals surface area contributed by atoms with Crippen molar-refractivity contribution in [2.45, 2.75) is 130 Å². The van der Waals surface area contributed by atoms with Crippen LogP contribution >= 0.6 is 0 Å². The van der Waals surface area contributed by atoms with Crippen molar-refractivity contribution < 1.29 is 47.7 Å². The molecular formula is C53H60N6O12. The summed E-state index contributed by atoms with van der Waals surface area (Å²) in [5, 5.41) is 0. The Labute approximate surface area is 409 Å². The average molecular weight is 973 g/mol. The Kier molecular flexibility index (Phi) is 13.7. The summed E-state index contributed by atoms with van der Waals surface area (Å²) in [6.07, 6.45) is -1.64. The van der Waals surface area contributed by atoms with Crippen LogP contribution in [0.4, 0.5) is 0 Å². The van der Waals surface area contributed by atoms with Crippen molar-refractivity contribution in [1.29, 1.82) is 0 Å². The summed E-state index contributed by atoms with van der Waals surface area (Å²) in [7, 11) is 2.71. The molecule has 3 N–H and O–H groups in total. The number of aromatic amines is 3. The number of nitrogens with one attached hydrogen (secondary N) is 3. The van der Waals surface area contributed by atoms with Crippen LogP contribution < -0.4 is 11.2 Å². The maximum absolute atomic E-state index is 14.0. The fraction of sp³-hybridized carbons (Fsp3) is 0.453. The maximum atomic E-state index is 14.0. The van der Waals surface area contributed by atoms with Crippen LogP contribution in [-0.2, 0) is 65.9 Å². The molecule has 374 valence electrons. The van der Waals surface area contributed by atoms with Crippen molar-refractivity contribution in [3.05, 3.63) is 108 Å². The molecule has 2 unspecified atom stereocenters. The summed E-state index contributed by atoms with van der Waals surface area (Å²) in [5.74, 6) is -2.23. The SMILES string of the molecule is C=C(c1cn([C@@H]2O[C@H](COC(C)=O)C(OC(C)=O)C2OC)c(=O)[nH]c1=O)c1c(C)c2cc3nc(c(CC(C)=O)c4nc(cc5[nH]c(cc1[nH]2)c(C)c5CC)C(C)=C4CC(C)=O)[C@@]1(C[C@H]1CC(=O)OC)[C@@H]3C. The molecule has 7 atom stereocenters. The van der Waals surface area contributed by atoms with Gasteiger partial charge in [-0.05, 0) is 105 Å². The van der Waals surface area contributed by atoms with E-state index in [1.165, 1.54) is 48.1 Å². The van der Waals surface area contributed by atoms with Gasteiger partial charge >= 0.3 is 23.6 Å². The number of nitrogens with zero attached hydrogens (tertiary/aromatic N) is 3. The molecule has 71 heavy (non-hydrogen) atoms. The van der Waals surface area contributed by atoms with Gasteiger partial charge in [-0.15, -0.1) is 0 Å². The van der Waals surface area contributed by atoms with Gasteiger partial charge in [-0.25, -0.2) is 9.78 Å². The molecule has 8 bridgehead atoms. The zero-order valence-electron chi connectivity index (χ0n) is 42.0. The fourth-order valence-electron chi connectivity index (χ4n) is 11.0. The Bertz CT molecular complexity index is 3280. The summed E-state index contributed by atoms with van der Waals surface area (Å²) < 4.78 is 29.0. The molecule has 18 heteroatoms. The van der Waals surface area contributed by atoms with E-state index in [0.29, 0.717) is 63.3 Å². The number of fused-ring (bicyclic) bond motifs is 9. The summed E-state index contributed by atoms with van der Waals surface area (Å²) in [4.78, 5) is 111. The molecule has 0 aromatic carbocycles. The predicted molar refractivity (Wildman–Crippen MR) is 263 cm³/mol. The van der Waals surface area contributed by atoms with Crippen LogP contribution in [0.2, 0.25) is 0 Å². The molecule has 8 rings (SSSR count). The third kappa shape index (κ3) is 9.03. The Morgan fingerprint density at radius 1 is 0.859 bits per heavy atom. The smallest absolute Gasteiger partial charge is 0.330 e. The number of ether oxygens (including phenoxy) is 5. The quantitative estimate of drug-likeness (QED) is 0.0905. The highest BCUT2D eigenvalue weighted by Crippen LogP contribution is 2.66. The summed E-state index contributed by atoms with van der Waals surface area (Å²) in [6.45, 7) is 19.6. The van der Waals surface area contributed by atoms with Crippen LogP contribution in [0.1, 0.15) is 136 Å². The number of ketones is 2. The lowest BCUT2D eigenvalue weighted by Crippen LogP contribution is -2.41. The molecule has 0 amide bonds. The summed E-state index contributed by atoms with van der Waals surface area (Å²) in [5.41, 5.74) is 8.60. The molecule has 4 aliphatic rings. The van der Waals surface area contributed by atoms with Crippen LogP contribution in [0.5, 0.6) is 0 Å². The predicted octanol–water partition coefficient (Wildman–Crippen LogP) is 6.48. The molecule has 18 nitrogen and oxygen atoms in total. The molecule has 7 heterocycles. The van der Waals surface area contributed by atoms with Gasteiger partial charge < -0.3 is 33.7 Å². The number of hydrogen-bond acceptors (Lipinski definition) is 14. The first kappa shape index (κ1) is 50.3. The number of carbonyl (C=O) groups excluding carboxylic acids is 5. The molecule has 3 aliphatic heterocycles. The van der Waals surface area contributed by atoms with E-state index in [1.54, 1.807) is 0 Å². The minimum atomic E-state index is -1.25. The third-order valence-corrected chi connectivity index (χ3v) is 14.6. The van der Waals surface area contributed by atoms with Crippen LogP contribution in [0.3, 0.4) is 0 Å². The maximum Gasteiger partial charge on any atom is 0.330 e. The van der Waals surface area contributed by atoms with E-state index in [9.17, 15) is 33.6 Å². The van der Waals surface area contributed by atoms with Crippen molar-refractivity contribution in [2.24, 2.45) is 5.92 Å². The molecule has 1 saturated carbocycles. The van der Waals surface area contributed by atoms with Gasteiger partial charge in [0.25, 0.3) is 5.56 Å². The molecule has 1 spiro atoms. The van der Waals surface area contributed by atoms with E-state index in [4.69, 9.17) is 33.7 Å². The Morgan fingerprint density at radius 2 is 1.55 bits per heavy atom. The fourth-order valence-corrected chi connectivity index (χ4v) is 11.0. The van der Waals surface area contributed by atoms with E-state index < -0.39 is 53.1 Å². The van der Waals surface area contributed by atoms with Gasteiger partial charge in [0.05, 0.1) is 29.8 Å². The van der Waals surface area contributed by atoms with Crippen molar-refractivity contribution in [2.75, 3.05) is 20.8 Å². The minimum absolute atomic E-state index is 0.00607. The Morgan fingerprint density at radius 3 is 2.18 bits per heavy atom. The minimum Gasteiger partial charge on any atom is -0.469 e. The first-order valence-corrected chi connectivity index (χ1v) is 23.7. The van der Waals surface area contributed by atoms with Crippen LogP contribution in [0.15, 0.2) is 40.6 Å². The number of carbonyl (C=O) groups is 5. The van der Waals surface area contributed by atoms with Gasteiger partial charge in [0.2, 0.25) is 0 Å². The van der Waals surface area contributed by atoms with Crippen molar-refractivity contribution in [3.8, 4) is 0 Å². The lowest BCUT2D eigenvalue weighted by atomic mass is 9.81. The number of allylic oxidation sites excluding steroid dienone is 2. The Balaban J connectivity index is 1.41. The highest BCUT2D eigenvalue weighted by molar-refractivity contribution is 6.01. The molecular weight excluding hydrogens is 913 g/mol. The van der Waals surface area contributed by atoms with Gasteiger partial charge in [0, 0.05) is 96.6 Å². The highest BCUT2D eigenvalue weighted by Gasteiger charge is 2.64. The second-order valence-corrected chi connectivity index (χ2v) is 19.1. The van der Waals surface area contributed by atoms with Crippen LogP contribution in [0.25, 0.3) is 38.8 Å². The molecule has 2 fully saturated rings. The van der Waals surface area contributed by atoms with Gasteiger partial charge in [0.15, 0.2) is 12.3 Å². The van der Waals surface area contributed by atoms with E-state index in [0.717, 1.165) is 37.9 Å². The van der Waals surface area contributed by atoms with Crippen molar-refractivity contribution >= 4 is 68.3 Å². The molecule has 1 aliphatic carbocycles. The number of esters is 3. The van der Waals surface area contributed by atoms with E-state index in [-0.39, 0.29) is 66.4 Å². The van der Waals surface area contributed by atoms with E-state index in [2.05, 4.69) is 35.4 Å². The molecule has 4 aromatic rings. The normalized spacial score (nSPS) is 22.4. The van der Waals surface area contributed by atoms with E-state index >= 15 is 0 Å². The number of aromatic nitrogens is 6. The van der Waals surface area contributed by atoms with Crippen molar-refractivity contribution in [1.82, 2.24) is 29.5 Å². The first-order chi connectivity index (χ1) is 33.6. The molecule has 1 saturated heterocycles. The zero-order valence-corrected chi connectivity index (χ0v) is 42.0. The van der Waals surface area contributed by atoms with Crippen LogP contribution in [-0.4, -0.2) is 98.1 Å². The third-order valence-electron chi connectivity index (χ3n) is 14.6. The van der Waals surface area contributed by atoms with Gasteiger partial charge in [-0.3, -0.25) is 43.3 Å². The molecule has 0 radical (unpaired) electrons. The number of rotatable bonds is 14. The zero-order chi connectivity index (χ0) is 51.5. The van der Waals surface area contributed by atoms with Crippen molar-refractivity contribution in [3.63, 3.8) is 0 Å². The largest absolute Gasteiger partial charge is 0.469 e. The van der Waals surface area contributed by atoms with Gasteiger partial charge in [0.1, 0.15) is 30.4 Å². The first-order valence-electron chi connectivity index (χ1n) is 23.7. The average Bonchev–Trinajstić information content (AvgIpc) is 3.53.